The fourth-order valence-corrected chi connectivity index (χ4v) is 4.46. The maximum absolute atomic E-state index is 12.4. The van der Waals surface area contributed by atoms with Gasteiger partial charge in [-0.2, -0.15) is 9.27 Å². The largest absolute Gasteiger partial charge is 0.346 e. The number of urea groups is 1. The van der Waals surface area contributed by atoms with Crippen LogP contribution in [-0.4, -0.2) is 93.0 Å². The van der Waals surface area contributed by atoms with Gasteiger partial charge in [-0.1, -0.05) is 0 Å². The minimum Gasteiger partial charge on any atom is -0.311 e. The predicted octanol–water partition coefficient (Wildman–Crippen LogP) is -1.34. The topological polar surface area (TPSA) is 123 Å². The van der Waals surface area contributed by atoms with Crippen LogP contribution in [0.5, 0.6) is 0 Å². The normalized spacial score (nSPS) is 34.2. The molecule has 4 saturated heterocycles. The van der Waals surface area contributed by atoms with Gasteiger partial charge in [0.15, 0.2) is 0 Å². The van der Waals surface area contributed by atoms with Gasteiger partial charge in [-0.15, -0.1) is 4.28 Å². The van der Waals surface area contributed by atoms with Crippen molar-refractivity contribution in [2.24, 2.45) is 5.92 Å². The summed E-state index contributed by atoms with van der Waals surface area (Å²) in [6.45, 7) is 5.14. The number of carbonyl (C=O) groups excluding carboxylic acids is 2. The van der Waals surface area contributed by atoms with Gasteiger partial charge in [0.25, 0.3) is 5.91 Å². The number of rotatable bonds is 8. The summed E-state index contributed by atoms with van der Waals surface area (Å²) in [5.74, 6) is 0.241. The standard InChI is InChI=1S/C15H25N5O6S/c21-14(17-25-9-11-5-10(6-16-11)7-18-3-4-18)13-2-1-12-8-19(13)15(22)20(12)26-27(23)24/h10-13,16H,1-9H2,(H,17,21)(H,23,24)/t10-,11-,12?,13?/m1/s1. The number of nitrogens with zero attached hydrogens (tertiary/aromatic N) is 3. The number of fused-ring (bicyclic) bond motifs is 2. The molecule has 0 spiro atoms. The molecular weight excluding hydrogens is 378 g/mol. The van der Waals surface area contributed by atoms with Crippen molar-refractivity contribution in [3.05, 3.63) is 0 Å². The molecule has 4 heterocycles. The van der Waals surface area contributed by atoms with E-state index in [0.717, 1.165) is 24.6 Å². The molecule has 0 aromatic rings. The van der Waals surface area contributed by atoms with Gasteiger partial charge in [0.2, 0.25) is 0 Å². The van der Waals surface area contributed by atoms with E-state index in [1.165, 1.54) is 18.0 Å². The van der Waals surface area contributed by atoms with Crippen molar-refractivity contribution in [3.63, 3.8) is 0 Å². The zero-order valence-electron chi connectivity index (χ0n) is 14.9. The van der Waals surface area contributed by atoms with E-state index in [1.807, 2.05) is 0 Å². The Morgan fingerprint density at radius 2 is 2.19 bits per heavy atom. The van der Waals surface area contributed by atoms with E-state index < -0.39 is 23.4 Å². The van der Waals surface area contributed by atoms with Gasteiger partial charge in [-0.25, -0.2) is 10.3 Å². The number of amides is 3. The molecule has 0 saturated carbocycles. The van der Waals surface area contributed by atoms with Crippen molar-refractivity contribution in [2.75, 3.05) is 39.3 Å². The first kappa shape index (κ1) is 19.0. The molecule has 11 nitrogen and oxygen atoms in total. The lowest BCUT2D eigenvalue weighted by molar-refractivity contribution is -0.139. The molecule has 4 fully saturated rings. The molecule has 3 N–H and O–H groups in total. The molecule has 5 atom stereocenters. The van der Waals surface area contributed by atoms with Crippen molar-refractivity contribution < 1.29 is 27.5 Å². The third-order valence-electron chi connectivity index (χ3n) is 5.60. The van der Waals surface area contributed by atoms with Gasteiger partial charge in [-0.05, 0) is 31.7 Å². The van der Waals surface area contributed by atoms with Gasteiger partial charge in [0, 0.05) is 32.2 Å². The van der Waals surface area contributed by atoms with Crippen LogP contribution >= 0.6 is 0 Å². The van der Waals surface area contributed by atoms with Gasteiger partial charge in [0.05, 0.1) is 12.6 Å². The maximum Gasteiger partial charge on any atom is 0.346 e. The van der Waals surface area contributed by atoms with Crippen molar-refractivity contribution in [3.8, 4) is 0 Å². The molecule has 0 aliphatic carbocycles. The molecule has 0 radical (unpaired) electrons. The Kier molecular flexibility index (Phi) is 5.62. The first-order valence-corrected chi connectivity index (χ1v) is 10.3. The van der Waals surface area contributed by atoms with Gasteiger partial charge >= 0.3 is 17.4 Å². The lowest BCUT2D eigenvalue weighted by Crippen LogP contribution is -2.50. The highest BCUT2D eigenvalue weighted by molar-refractivity contribution is 7.74. The molecule has 152 valence electrons. The number of hydroxylamine groups is 3. The molecule has 0 aromatic carbocycles. The molecular formula is C15H25N5O6S. The van der Waals surface area contributed by atoms with Crippen molar-refractivity contribution >= 4 is 23.3 Å². The summed E-state index contributed by atoms with van der Waals surface area (Å²) in [5.41, 5.74) is 2.45. The fourth-order valence-electron chi connectivity index (χ4n) is 4.14. The zero-order chi connectivity index (χ0) is 19.0. The van der Waals surface area contributed by atoms with Crippen LogP contribution in [0.15, 0.2) is 0 Å². The summed E-state index contributed by atoms with van der Waals surface area (Å²) in [5, 5.41) is 4.30. The van der Waals surface area contributed by atoms with Crippen LogP contribution in [0.25, 0.3) is 0 Å². The van der Waals surface area contributed by atoms with Crippen molar-refractivity contribution in [2.45, 2.75) is 37.4 Å². The molecule has 12 heteroatoms. The van der Waals surface area contributed by atoms with Gasteiger partial charge in [0.1, 0.15) is 6.04 Å². The van der Waals surface area contributed by atoms with E-state index in [-0.39, 0.29) is 24.5 Å². The Labute approximate surface area is 159 Å². The second kappa shape index (κ2) is 7.97. The minimum absolute atomic E-state index is 0.211. The Hall–Kier alpha value is -1.31. The summed E-state index contributed by atoms with van der Waals surface area (Å²) >= 11 is -2.57. The van der Waals surface area contributed by atoms with Crippen LogP contribution in [0.2, 0.25) is 0 Å². The zero-order valence-corrected chi connectivity index (χ0v) is 15.7. The second-order valence-corrected chi connectivity index (χ2v) is 8.17. The number of hydrogen-bond acceptors (Lipinski definition) is 7. The highest BCUT2D eigenvalue weighted by Gasteiger charge is 2.48. The molecule has 3 amide bonds. The second-order valence-electron chi connectivity index (χ2n) is 7.58. The minimum atomic E-state index is -2.57. The predicted molar refractivity (Wildman–Crippen MR) is 93.0 cm³/mol. The van der Waals surface area contributed by atoms with Crippen LogP contribution in [-0.2, 0) is 25.3 Å². The van der Waals surface area contributed by atoms with Gasteiger partial charge < -0.3 is 15.1 Å². The number of nitrogens with one attached hydrogen (secondary N) is 2. The van der Waals surface area contributed by atoms with E-state index in [4.69, 9.17) is 9.39 Å². The van der Waals surface area contributed by atoms with Crippen LogP contribution in [0.1, 0.15) is 19.3 Å². The fraction of sp³-hybridized carbons (Fsp3) is 0.867. The Morgan fingerprint density at radius 3 is 2.93 bits per heavy atom. The highest BCUT2D eigenvalue weighted by atomic mass is 32.2. The maximum atomic E-state index is 12.4. The number of hydrogen-bond donors (Lipinski definition) is 3. The first-order valence-electron chi connectivity index (χ1n) is 9.27. The highest BCUT2D eigenvalue weighted by Crippen LogP contribution is 2.30. The Balaban J connectivity index is 1.21. The first-order chi connectivity index (χ1) is 13.0. The summed E-state index contributed by atoms with van der Waals surface area (Å²) < 4.78 is 24.3. The molecule has 27 heavy (non-hydrogen) atoms. The van der Waals surface area contributed by atoms with E-state index in [0.29, 0.717) is 25.4 Å². The quantitative estimate of drug-likeness (QED) is 0.259. The molecule has 4 aliphatic rings. The molecule has 3 unspecified atom stereocenters. The Morgan fingerprint density at radius 1 is 1.37 bits per heavy atom. The third-order valence-corrected chi connectivity index (χ3v) is 5.88. The molecule has 4 rings (SSSR count). The number of carbonyl (C=O) groups is 2. The lowest BCUT2D eigenvalue weighted by Gasteiger charge is -2.29. The van der Waals surface area contributed by atoms with Crippen molar-refractivity contribution in [1.29, 1.82) is 0 Å². The molecule has 0 aromatic heterocycles. The van der Waals surface area contributed by atoms with Crippen molar-refractivity contribution in [1.82, 2.24) is 25.7 Å². The average Bonchev–Trinajstić information content (AvgIpc) is 3.29. The summed E-state index contributed by atoms with van der Waals surface area (Å²) in [4.78, 5) is 33.9. The summed E-state index contributed by atoms with van der Waals surface area (Å²) in [7, 11) is 0. The van der Waals surface area contributed by atoms with E-state index >= 15 is 0 Å². The monoisotopic (exact) mass is 403 g/mol. The lowest BCUT2D eigenvalue weighted by atomic mass is 10.0. The molecule has 4 aliphatic heterocycles. The van der Waals surface area contributed by atoms with E-state index in [1.54, 1.807) is 0 Å². The summed E-state index contributed by atoms with van der Waals surface area (Å²) in [6, 6.07) is -1.35. The average molecular weight is 403 g/mol. The smallest absolute Gasteiger partial charge is 0.311 e. The Bertz CT molecular complexity index is 620. The van der Waals surface area contributed by atoms with E-state index in [2.05, 4.69) is 20.0 Å². The van der Waals surface area contributed by atoms with Crippen LogP contribution in [0.3, 0.4) is 0 Å². The van der Waals surface area contributed by atoms with Crippen LogP contribution < -0.4 is 10.8 Å². The van der Waals surface area contributed by atoms with E-state index in [9.17, 15) is 13.8 Å². The van der Waals surface area contributed by atoms with Crippen LogP contribution in [0, 0.1) is 5.92 Å². The number of piperidine rings is 1. The van der Waals surface area contributed by atoms with Crippen LogP contribution in [0.4, 0.5) is 4.79 Å². The SMILES string of the molecule is O=C(NOC[C@H]1C[C@@H](CN2CC2)CN1)C1CCC2CN1C(=O)N2OS(=O)O. The van der Waals surface area contributed by atoms with Gasteiger partial charge in [-0.3, -0.25) is 14.2 Å². The third kappa shape index (κ3) is 4.41. The summed E-state index contributed by atoms with van der Waals surface area (Å²) in [6.07, 6.45) is 1.98. The molecule has 2 bridgehead atoms.